The highest BCUT2D eigenvalue weighted by molar-refractivity contribution is 6.43. The lowest BCUT2D eigenvalue weighted by Gasteiger charge is -2.18. The fraction of sp³-hybridized carbons (Fsp3) is 0.455. The van der Waals surface area contributed by atoms with Gasteiger partial charge in [-0.1, -0.05) is 29.3 Å². The molecule has 1 aromatic carbocycles. The predicted octanol–water partition coefficient (Wildman–Crippen LogP) is 2.61. The summed E-state index contributed by atoms with van der Waals surface area (Å²) >= 11 is 12.3. The highest BCUT2D eigenvalue weighted by atomic mass is 35.5. The standard InChI is InChI=1S/C11H16Cl2N2O/c1-15-8(5-6-14)7-3-4-9(16-2)11(13)10(7)12/h3-4,8,15H,5-6,14H2,1-2H3. The maximum Gasteiger partial charge on any atom is 0.139 e. The molecule has 0 radical (unpaired) electrons. The Morgan fingerprint density at radius 1 is 1.38 bits per heavy atom. The lowest BCUT2D eigenvalue weighted by Crippen LogP contribution is -2.20. The molecule has 0 bridgehead atoms. The van der Waals surface area contributed by atoms with Gasteiger partial charge in [0.1, 0.15) is 10.8 Å². The molecule has 0 aliphatic rings. The van der Waals surface area contributed by atoms with E-state index in [1.807, 2.05) is 19.2 Å². The Balaban J connectivity index is 3.09. The highest BCUT2D eigenvalue weighted by Crippen LogP contribution is 2.37. The van der Waals surface area contributed by atoms with E-state index in [9.17, 15) is 0 Å². The quantitative estimate of drug-likeness (QED) is 0.858. The zero-order valence-electron chi connectivity index (χ0n) is 9.39. The highest BCUT2D eigenvalue weighted by Gasteiger charge is 2.16. The molecule has 0 spiro atoms. The van der Waals surface area contributed by atoms with Gasteiger partial charge in [-0.15, -0.1) is 0 Å². The zero-order valence-corrected chi connectivity index (χ0v) is 10.9. The van der Waals surface area contributed by atoms with E-state index in [2.05, 4.69) is 5.32 Å². The third-order valence-electron chi connectivity index (χ3n) is 2.48. The van der Waals surface area contributed by atoms with Gasteiger partial charge in [-0.3, -0.25) is 0 Å². The summed E-state index contributed by atoms with van der Waals surface area (Å²) in [5.74, 6) is 0.581. The van der Waals surface area contributed by atoms with E-state index in [1.54, 1.807) is 7.11 Å². The van der Waals surface area contributed by atoms with Gasteiger partial charge in [-0.25, -0.2) is 0 Å². The van der Waals surface area contributed by atoms with Crippen LogP contribution in [0, 0.1) is 0 Å². The van der Waals surface area contributed by atoms with Gasteiger partial charge < -0.3 is 15.8 Å². The Labute approximate surface area is 106 Å². The molecule has 5 heteroatoms. The summed E-state index contributed by atoms with van der Waals surface area (Å²) in [5.41, 5.74) is 6.49. The van der Waals surface area contributed by atoms with Gasteiger partial charge in [0.25, 0.3) is 0 Å². The van der Waals surface area contributed by atoms with Crippen LogP contribution in [0.2, 0.25) is 10.0 Å². The first kappa shape index (κ1) is 13.6. The number of nitrogens with two attached hydrogens (primary N) is 1. The minimum Gasteiger partial charge on any atom is -0.495 e. The summed E-state index contributed by atoms with van der Waals surface area (Å²) < 4.78 is 5.09. The molecule has 0 fully saturated rings. The molecule has 0 aromatic heterocycles. The molecule has 3 N–H and O–H groups in total. The van der Waals surface area contributed by atoms with E-state index in [0.29, 0.717) is 22.3 Å². The number of ether oxygens (including phenoxy) is 1. The number of hydrogen-bond donors (Lipinski definition) is 2. The molecule has 1 unspecified atom stereocenters. The molecule has 3 nitrogen and oxygen atoms in total. The zero-order chi connectivity index (χ0) is 12.1. The lowest BCUT2D eigenvalue weighted by molar-refractivity contribution is 0.414. The second kappa shape index (κ2) is 6.30. The SMILES string of the molecule is CNC(CCN)c1ccc(OC)c(Cl)c1Cl. The molecule has 0 aliphatic carbocycles. The van der Waals surface area contributed by atoms with Crippen LogP contribution in [-0.4, -0.2) is 20.7 Å². The van der Waals surface area contributed by atoms with Gasteiger partial charge in [0.2, 0.25) is 0 Å². The molecule has 0 saturated heterocycles. The predicted molar refractivity (Wildman–Crippen MR) is 68.5 cm³/mol. The van der Waals surface area contributed by atoms with E-state index in [4.69, 9.17) is 33.7 Å². The van der Waals surface area contributed by atoms with Crippen LogP contribution in [0.3, 0.4) is 0 Å². The van der Waals surface area contributed by atoms with Crippen molar-refractivity contribution in [1.82, 2.24) is 5.32 Å². The van der Waals surface area contributed by atoms with Gasteiger partial charge in [-0.2, -0.15) is 0 Å². The molecule has 90 valence electrons. The Hall–Kier alpha value is -0.480. The smallest absolute Gasteiger partial charge is 0.139 e. The average molecular weight is 263 g/mol. The molecule has 1 rings (SSSR count). The van der Waals surface area contributed by atoms with Gasteiger partial charge in [-0.05, 0) is 31.6 Å². The maximum atomic E-state index is 6.19. The van der Waals surface area contributed by atoms with Crippen molar-refractivity contribution in [1.29, 1.82) is 0 Å². The first-order valence-corrected chi connectivity index (χ1v) is 5.80. The molecule has 1 aromatic rings. The normalized spacial score (nSPS) is 12.6. The third kappa shape index (κ3) is 2.80. The second-order valence-electron chi connectivity index (χ2n) is 3.40. The van der Waals surface area contributed by atoms with Gasteiger partial charge >= 0.3 is 0 Å². The van der Waals surface area contributed by atoms with Crippen molar-refractivity contribution in [3.63, 3.8) is 0 Å². The van der Waals surface area contributed by atoms with Crippen molar-refractivity contribution in [3.05, 3.63) is 27.7 Å². The fourth-order valence-corrected chi connectivity index (χ4v) is 2.13. The number of hydrogen-bond acceptors (Lipinski definition) is 3. The van der Waals surface area contributed by atoms with E-state index in [-0.39, 0.29) is 6.04 Å². The lowest BCUT2D eigenvalue weighted by atomic mass is 10.0. The molecular formula is C11H16Cl2N2O. The largest absolute Gasteiger partial charge is 0.495 e. The van der Waals surface area contributed by atoms with Crippen molar-refractivity contribution >= 4 is 23.2 Å². The molecule has 1 atom stereocenters. The number of halogens is 2. The minimum atomic E-state index is 0.112. The molecule has 16 heavy (non-hydrogen) atoms. The first-order chi connectivity index (χ1) is 7.65. The monoisotopic (exact) mass is 262 g/mol. The first-order valence-electron chi connectivity index (χ1n) is 5.04. The van der Waals surface area contributed by atoms with Crippen LogP contribution in [0.4, 0.5) is 0 Å². The number of rotatable bonds is 5. The van der Waals surface area contributed by atoms with E-state index < -0.39 is 0 Å². The van der Waals surface area contributed by atoms with Crippen LogP contribution in [0.15, 0.2) is 12.1 Å². The maximum absolute atomic E-state index is 6.19. The van der Waals surface area contributed by atoms with E-state index in [0.717, 1.165) is 12.0 Å². The summed E-state index contributed by atoms with van der Waals surface area (Å²) in [4.78, 5) is 0. The number of nitrogens with one attached hydrogen (secondary N) is 1. The topological polar surface area (TPSA) is 47.3 Å². The van der Waals surface area contributed by atoms with Crippen molar-refractivity contribution < 1.29 is 4.74 Å². The Bertz CT molecular complexity index is 358. The van der Waals surface area contributed by atoms with Gasteiger partial charge in [0.15, 0.2) is 0 Å². The van der Waals surface area contributed by atoms with E-state index >= 15 is 0 Å². The number of benzene rings is 1. The number of methoxy groups -OCH3 is 1. The molecular weight excluding hydrogens is 247 g/mol. The molecule has 0 aliphatic heterocycles. The van der Waals surface area contributed by atoms with Crippen LogP contribution in [0.25, 0.3) is 0 Å². The molecule has 0 heterocycles. The van der Waals surface area contributed by atoms with Crippen molar-refractivity contribution in [3.8, 4) is 5.75 Å². The van der Waals surface area contributed by atoms with Crippen LogP contribution < -0.4 is 15.8 Å². The Morgan fingerprint density at radius 2 is 2.06 bits per heavy atom. The van der Waals surface area contributed by atoms with Gasteiger partial charge in [0, 0.05) is 6.04 Å². The summed E-state index contributed by atoms with van der Waals surface area (Å²) in [6.45, 7) is 0.589. The second-order valence-corrected chi connectivity index (χ2v) is 4.16. The van der Waals surface area contributed by atoms with Crippen molar-refractivity contribution in [2.75, 3.05) is 20.7 Å². The average Bonchev–Trinajstić information content (AvgIpc) is 2.30. The summed E-state index contributed by atoms with van der Waals surface area (Å²) in [6, 6.07) is 3.83. The summed E-state index contributed by atoms with van der Waals surface area (Å²) in [5, 5.41) is 4.13. The molecule has 0 saturated carbocycles. The Kier molecular flexibility index (Phi) is 5.35. The van der Waals surface area contributed by atoms with Crippen LogP contribution >= 0.6 is 23.2 Å². The third-order valence-corrected chi connectivity index (χ3v) is 3.36. The van der Waals surface area contributed by atoms with Gasteiger partial charge in [0.05, 0.1) is 12.1 Å². The summed E-state index contributed by atoms with van der Waals surface area (Å²) in [6.07, 6.45) is 0.804. The molecule has 0 amide bonds. The van der Waals surface area contributed by atoms with Crippen LogP contribution in [0.1, 0.15) is 18.0 Å². The summed E-state index contributed by atoms with van der Waals surface area (Å²) in [7, 11) is 3.43. The van der Waals surface area contributed by atoms with Crippen molar-refractivity contribution in [2.24, 2.45) is 5.73 Å². The van der Waals surface area contributed by atoms with Crippen LogP contribution in [-0.2, 0) is 0 Å². The minimum absolute atomic E-state index is 0.112. The Morgan fingerprint density at radius 3 is 2.56 bits per heavy atom. The van der Waals surface area contributed by atoms with Crippen molar-refractivity contribution in [2.45, 2.75) is 12.5 Å². The fourth-order valence-electron chi connectivity index (χ4n) is 1.60. The van der Waals surface area contributed by atoms with E-state index in [1.165, 1.54) is 0 Å². The van der Waals surface area contributed by atoms with Crippen LogP contribution in [0.5, 0.6) is 5.75 Å².